The third-order valence-corrected chi connectivity index (χ3v) is 4.02. The molecule has 0 spiro atoms. The van der Waals surface area contributed by atoms with Crippen molar-refractivity contribution in [2.75, 3.05) is 6.54 Å². The maximum Gasteiger partial charge on any atom is 0.119 e. The summed E-state index contributed by atoms with van der Waals surface area (Å²) in [6.45, 7) is 2.54. The van der Waals surface area contributed by atoms with Crippen molar-refractivity contribution in [2.45, 2.75) is 31.6 Å². The van der Waals surface area contributed by atoms with Crippen molar-refractivity contribution in [3.05, 3.63) is 28.3 Å². The molecule has 1 aromatic rings. The van der Waals surface area contributed by atoms with Crippen molar-refractivity contribution < 1.29 is 5.11 Å². The van der Waals surface area contributed by atoms with Crippen LogP contribution in [0.3, 0.4) is 0 Å². The maximum atomic E-state index is 9.93. The van der Waals surface area contributed by atoms with Gasteiger partial charge in [-0.05, 0) is 37.5 Å². The number of phenolic OH excluding ortho intramolecular Hbond substituents is 1. The van der Waals surface area contributed by atoms with Crippen LogP contribution in [0.25, 0.3) is 0 Å². The third-order valence-electron chi connectivity index (χ3n) is 3.61. The zero-order valence-corrected chi connectivity index (χ0v) is 9.64. The third kappa shape index (κ3) is 1.52. The maximum absolute atomic E-state index is 9.93. The topological polar surface area (TPSA) is 46.2 Å². The molecule has 2 nitrogen and oxygen atoms in total. The van der Waals surface area contributed by atoms with E-state index in [2.05, 4.69) is 0 Å². The molecular weight excluding hydrogens is 210 g/mol. The van der Waals surface area contributed by atoms with Crippen LogP contribution in [0.1, 0.15) is 30.4 Å². The lowest BCUT2D eigenvalue weighted by molar-refractivity contribution is 0.244. The van der Waals surface area contributed by atoms with Crippen molar-refractivity contribution in [2.24, 2.45) is 5.73 Å². The fourth-order valence-corrected chi connectivity index (χ4v) is 2.66. The predicted molar refractivity (Wildman–Crippen MR) is 62.4 cm³/mol. The fourth-order valence-electron chi connectivity index (χ4n) is 2.50. The summed E-state index contributed by atoms with van der Waals surface area (Å²) in [4.78, 5) is 0. The summed E-state index contributed by atoms with van der Waals surface area (Å²) in [6.07, 6.45) is 3.29. The molecule has 0 heterocycles. The molecule has 1 saturated carbocycles. The highest BCUT2D eigenvalue weighted by Crippen LogP contribution is 2.48. The van der Waals surface area contributed by atoms with Gasteiger partial charge in [0.15, 0.2) is 0 Å². The Hall–Kier alpha value is -0.730. The molecule has 82 valence electrons. The van der Waals surface area contributed by atoms with Crippen LogP contribution in [-0.2, 0) is 5.41 Å². The van der Waals surface area contributed by atoms with Crippen LogP contribution >= 0.6 is 11.6 Å². The second-order valence-electron chi connectivity index (χ2n) is 4.40. The highest BCUT2D eigenvalue weighted by atomic mass is 35.5. The Morgan fingerprint density at radius 1 is 1.47 bits per heavy atom. The molecule has 1 aliphatic carbocycles. The van der Waals surface area contributed by atoms with Crippen LogP contribution in [0, 0.1) is 6.92 Å². The normalized spacial score (nSPS) is 18.6. The second kappa shape index (κ2) is 3.69. The number of nitrogens with two attached hydrogens (primary N) is 1. The first-order valence-electron chi connectivity index (χ1n) is 5.29. The number of phenols is 1. The SMILES string of the molecule is Cc1c(Cl)ccc(O)c1C1(CN)CCC1. The van der Waals surface area contributed by atoms with Crippen LogP contribution in [-0.4, -0.2) is 11.7 Å². The summed E-state index contributed by atoms with van der Waals surface area (Å²) in [5, 5.41) is 10.6. The van der Waals surface area contributed by atoms with Crippen molar-refractivity contribution in [1.29, 1.82) is 0 Å². The average molecular weight is 226 g/mol. The number of halogens is 1. The Labute approximate surface area is 95.1 Å². The zero-order valence-electron chi connectivity index (χ0n) is 8.89. The highest BCUT2D eigenvalue weighted by molar-refractivity contribution is 6.31. The molecule has 3 N–H and O–H groups in total. The Morgan fingerprint density at radius 3 is 2.60 bits per heavy atom. The summed E-state index contributed by atoms with van der Waals surface area (Å²) < 4.78 is 0. The van der Waals surface area contributed by atoms with Gasteiger partial charge < -0.3 is 10.8 Å². The van der Waals surface area contributed by atoms with Crippen molar-refractivity contribution in [3.8, 4) is 5.75 Å². The summed E-state index contributed by atoms with van der Waals surface area (Å²) in [7, 11) is 0. The minimum Gasteiger partial charge on any atom is -0.508 e. The summed E-state index contributed by atoms with van der Waals surface area (Å²) >= 11 is 6.08. The first-order chi connectivity index (χ1) is 7.10. The van der Waals surface area contributed by atoms with Crippen LogP contribution in [0.4, 0.5) is 0 Å². The van der Waals surface area contributed by atoms with Gasteiger partial charge in [0.1, 0.15) is 5.75 Å². The second-order valence-corrected chi connectivity index (χ2v) is 4.81. The zero-order chi connectivity index (χ0) is 11.1. The summed E-state index contributed by atoms with van der Waals surface area (Å²) in [6, 6.07) is 3.40. The van der Waals surface area contributed by atoms with Crippen molar-refractivity contribution in [3.63, 3.8) is 0 Å². The Kier molecular flexibility index (Phi) is 2.65. The van der Waals surface area contributed by atoms with Gasteiger partial charge in [0.25, 0.3) is 0 Å². The number of benzene rings is 1. The Balaban J connectivity index is 2.55. The first-order valence-corrected chi connectivity index (χ1v) is 5.67. The van der Waals surface area contributed by atoms with Gasteiger partial charge in [0.2, 0.25) is 0 Å². The molecule has 1 aliphatic rings. The van der Waals surface area contributed by atoms with Gasteiger partial charge in [0, 0.05) is 22.5 Å². The minimum absolute atomic E-state index is 0.0287. The Bertz CT molecular complexity index is 380. The van der Waals surface area contributed by atoms with E-state index in [4.69, 9.17) is 17.3 Å². The summed E-state index contributed by atoms with van der Waals surface area (Å²) in [5.74, 6) is 0.335. The average Bonchev–Trinajstić information content (AvgIpc) is 2.16. The molecule has 0 unspecified atom stereocenters. The van der Waals surface area contributed by atoms with Gasteiger partial charge in [-0.1, -0.05) is 18.0 Å². The first kappa shape index (κ1) is 10.8. The fraction of sp³-hybridized carbons (Fsp3) is 0.500. The van der Waals surface area contributed by atoms with E-state index in [9.17, 15) is 5.11 Å². The molecule has 3 heteroatoms. The largest absolute Gasteiger partial charge is 0.508 e. The molecule has 15 heavy (non-hydrogen) atoms. The van der Waals surface area contributed by atoms with Crippen molar-refractivity contribution >= 4 is 11.6 Å². The van der Waals surface area contributed by atoms with E-state index in [1.807, 2.05) is 6.92 Å². The van der Waals surface area contributed by atoms with E-state index in [-0.39, 0.29) is 5.41 Å². The molecule has 0 amide bonds. The van der Waals surface area contributed by atoms with Crippen molar-refractivity contribution in [1.82, 2.24) is 0 Å². The monoisotopic (exact) mass is 225 g/mol. The van der Waals surface area contributed by atoms with Crippen LogP contribution in [0.15, 0.2) is 12.1 Å². The molecule has 1 aromatic carbocycles. The number of hydrogen-bond donors (Lipinski definition) is 2. The van der Waals surface area contributed by atoms with Gasteiger partial charge >= 0.3 is 0 Å². The quantitative estimate of drug-likeness (QED) is 0.813. The molecule has 0 bridgehead atoms. The molecule has 0 aromatic heterocycles. The lowest BCUT2D eigenvalue weighted by atomic mass is 9.63. The summed E-state index contributed by atoms with van der Waals surface area (Å²) in [5.41, 5.74) is 7.74. The number of rotatable bonds is 2. The lowest BCUT2D eigenvalue weighted by Crippen LogP contribution is -2.42. The van der Waals surface area contributed by atoms with Gasteiger partial charge in [-0.25, -0.2) is 0 Å². The molecular formula is C12H16ClNO. The van der Waals surface area contributed by atoms with Crippen LogP contribution in [0.5, 0.6) is 5.75 Å². The predicted octanol–water partition coefficient (Wildman–Crippen LogP) is 2.73. The Morgan fingerprint density at radius 2 is 2.13 bits per heavy atom. The molecule has 0 radical (unpaired) electrons. The highest BCUT2D eigenvalue weighted by Gasteiger charge is 2.40. The van der Waals surface area contributed by atoms with E-state index < -0.39 is 0 Å². The molecule has 2 rings (SSSR count). The number of aromatic hydroxyl groups is 1. The van der Waals surface area contributed by atoms with E-state index in [0.29, 0.717) is 17.3 Å². The number of hydrogen-bond acceptors (Lipinski definition) is 2. The van der Waals surface area contributed by atoms with Gasteiger partial charge in [0.05, 0.1) is 0 Å². The lowest BCUT2D eigenvalue weighted by Gasteiger charge is -2.42. The minimum atomic E-state index is -0.0287. The van der Waals surface area contributed by atoms with E-state index in [0.717, 1.165) is 24.0 Å². The molecule has 0 aliphatic heterocycles. The van der Waals surface area contributed by atoms with Crippen LogP contribution < -0.4 is 5.73 Å². The molecule has 0 atom stereocenters. The van der Waals surface area contributed by atoms with E-state index >= 15 is 0 Å². The molecule has 1 fully saturated rings. The standard InChI is InChI=1S/C12H16ClNO/c1-8-9(13)3-4-10(15)11(8)12(7-14)5-2-6-12/h3-4,15H,2,5-7,14H2,1H3. The molecule has 0 saturated heterocycles. The smallest absolute Gasteiger partial charge is 0.119 e. The van der Waals surface area contributed by atoms with Gasteiger partial charge in [-0.3, -0.25) is 0 Å². The van der Waals surface area contributed by atoms with Crippen LogP contribution in [0.2, 0.25) is 5.02 Å². The van der Waals surface area contributed by atoms with E-state index in [1.54, 1.807) is 12.1 Å². The van der Waals surface area contributed by atoms with Gasteiger partial charge in [-0.15, -0.1) is 0 Å². The van der Waals surface area contributed by atoms with E-state index in [1.165, 1.54) is 6.42 Å². The van der Waals surface area contributed by atoms with Gasteiger partial charge in [-0.2, -0.15) is 0 Å².